The molecule has 0 radical (unpaired) electrons. The molecule has 1 aliphatic heterocycles. The number of benzene rings is 1. The van der Waals surface area contributed by atoms with Gasteiger partial charge in [-0.05, 0) is 23.6 Å². The Morgan fingerprint density at radius 2 is 2.13 bits per heavy atom. The molecule has 0 bridgehead atoms. The minimum atomic E-state index is -1.12. The van der Waals surface area contributed by atoms with E-state index < -0.39 is 18.8 Å². The molecule has 1 aliphatic rings. The number of aliphatic hydroxyl groups is 2. The Morgan fingerprint density at radius 1 is 1.37 bits per heavy atom. The molecule has 2 amide bonds. The van der Waals surface area contributed by atoms with Crippen LogP contribution in [0.15, 0.2) is 36.4 Å². The van der Waals surface area contributed by atoms with E-state index in [1.165, 1.54) is 22.3 Å². The number of carbonyl (C=O) groups excluding carboxylic acids is 2. The maximum atomic E-state index is 12.3. The number of nitrogens with one attached hydrogen (secondary N) is 1. The van der Waals surface area contributed by atoms with Crippen LogP contribution in [0.5, 0.6) is 0 Å². The second-order valence-corrected chi connectivity index (χ2v) is 7.74. The Kier molecular flexibility index (Phi) is 7.19. The van der Waals surface area contributed by atoms with Gasteiger partial charge in [0, 0.05) is 17.5 Å². The smallest absolute Gasteiger partial charge is 0.410 e. The molecule has 0 fully saturated rings. The lowest BCUT2D eigenvalue weighted by atomic mass is 10.0. The molecule has 0 saturated heterocycles. The van der Waals surface area contributed by atoms with E-state index >= 15 is 0 Å². The predicted molar refractivity (Wildman–Crippen MR) is 112 cm³/mol. The predicted octanol–water partition coefficient (Wildman–Crippen LogP) is 2.12. The van der Waals surface area contributed by atoms with Crippen LogP contribution in [-0.2, 0) is 22.5 Å². The molecule has 3 N–H and O–H groups in total. The van der Waals surface area contributed by atoms with Gasteiger partial charge in [0.1, 0.15) is 23.8 Å². The zero-order chi connectivity index (χ0) is 21.5. The normalized spacial score (nSPS) is 14.1. The van der Waals surface area contributed by atoms with E-state index in [0.29, 0.717) is 23.5 Å². The molecule has 1 aromatic carbocycles. The molecular weight excluding hydrogens is 406 g/mol. The fraction of sp³-hybridized carbons (Fsp3) is 0.286. The molecule has 30 heavy (non-hydrogen) atoms. The lowest BCUT2D eigenvalue weighted by Gasteiger charge is -2.26. The fourth-order valence-electron chi connectivity index (χ4n) is 2.97. The summed E-state index contributed by atoms with van der Waals surface area (Å²) in [6, 6.07) is 11.5. The number of hydrogen-bond donors (Lipinski definition) is 3. The molecule has 1 unspecified atom stereocenters. The van der Waals surface area contributed by atoms with E-state index in [0.717, 1.165) is 16.0 Å². The van der Waals surface area contributed by atoms with Crippen molar-refractivity contribution in [1.29, 1.82) is 5.26 Å². The zero-order valence-corrected chi connectivity index (χ0v) is 16.9. The number of thiophene rings is 1. The van der Waals surface area contributed by atoms with Crippen LogP contribution in [0.25, 0.3) is 6.08 Å². The number of rotatable bonds is 6. The number of nitrogens with zero attached hydrogens (tertiary/aromatic N) is 2. The van der Waals surface area contributed by atoms with Crippen molar-refractivity contribution >= 4 is 34.4 Å². The van der Waals surface area contributed by atoms with Gasteiger partial charge in [-0.15, -0.1) is 11.3 Å². The van der Waals surface area contributed by atoms with E-state index in [-0.39, 0.29) is 19.1 Å². The summed E-state index contributed by atoms with van der Waals surface area (Å²) in [7, 11) is 0. The molecule has 0 aliphatic carbocycles. The highest BCUT2D eigenvalue weighted by Gasteiger charge is 2.28. The van der Waals surface area contributed by atoms with Crippen LogP contribution < -0.4 is 5.32 Å². The lowest BCUT2D eigenvalue weighted by molar-refractivity contribution is -0.111. The summed E-state index contributed by atoms with van der Waals surface area (Å²) in [6.07, 6.45) is 1.84. The van der Waals surface area contributed by atoms with Gasteiger partial charge in [-0.25, -0.2) is 4.79 Å². The number of aliphatic hydroxyl groups excluding tert-OH is 2. The largest absolute Gasteiger partial charge is 0.447 e. The molecule has 0 spiro atoms. The van der Waals surface area contributed by atoms with E-state index in [9.17, 15) is 20.0 Å². The minimum absolute atomic E-state index is 0.248. The summed E-state index contributed by atoms with van der Waals surface area (Å²) in [6.45, 7) is -0.177. The summed E-state index contributed by atoms with van der Waals surface area (Å²) in [5.74, 6) is -0.344. The van der Waals surface area contributed by atoms with Gasteiger partial charge in [0.25, 0.3) is 0 Å². The van der Waals surface area contributed by atoms with Crippen LogP contribution in [0.1, 0.15) is 21.6 Å². The summed E-state index contributed by atoms with van der Waals surface area (Å²) in [5, 5.41) is 30.9. The SMILES string of the molecule is N#Cc1c(NC(=O)/C=C/c2ccccc2)sc2c1CCN(C(=O)OCC(O)CO)C2. The van der Waals surface area contributed by atoms with Crippen molar-refractivity contribution in [3.63, 3.8) is 0 Å². The molecule has 2 heterocycles. The second kappa shape index (κ2) is 10.0. The van der Waals surface area contributed by atoms with Gasteiger partial charge in [0.2, 0.25) is 5.91 Å². The standard InChI is InChI=1S/C21H21N3O5S/c22-10-17-16-8-9-24(21(28)29-13-15(26)12-25)11-18(16)30-20(17)23-19(27)7-6-14-4-2-1-3-5-14/h1-7,15,25-26H,8-9,11-13H2,(H,23,27)/b7-6+. The van der Waals surface area contributed by atoms with Crippen molar-refractivity contribution in [3.8, 4) is 6.07 Å². The van der Waals surface area contributed by atoms with Crippen LogP contribution in [-0.4, -0.2) is 53.0 Å². The van der Waals surface area contributed by atoms with Crippen molar-refractivity contribution in [3.05, 3.63) is 58.0 Å². The Balaban J connectivity index is 1.67. The molecule has 1 aromatic heterocycles. The fourth-order valence-corrected chi connectivity index (χ4v) is 4.18. The van der Waals surface area contributed by atoms with E-state index in [2.05, 4.69) is 11.4 Å². The van der Waals surface area contributed by atoms with Gasteiger partial charge in [-0.2, -0.15) is 5.26 Å². The molecule has 156 valence electrons. The third-order valence-corrected chi connectivity index (χ3v) is 5.63. The Labute approximate surface area is 177 Å². The van der Waals surface area contributed by atoms with E-state index in [4.69, 9.17) is 9.84 Å². The minimum Gasteiger partial charge on any atom is -0.447 e. The van der Waals surface area contributed by atoms with Gasteiger partial charge in [0.05, 0.1) is 18.7 Å². The highest BCUT2D eigenvalue weighted by molar-refractivity contribution is 7.16. The Bertz CT molecular complexity index is 981. The van der Waals surface area contributed by atoms with Gasteiger partial charge in [0.15, 0.2) is 0 Å². The van der Waals surface area contributed by atoms with Gasteiger partial charge in [-0.1, -0.05) is 30.3 Å². The number of carbonyl (C=O) groups is 2. The maximum Gasteiger partial charge on any atom is 0.410 e. The third-order valence-electron chi connectivity index (χ3n) is 4.50. The molecule has 1 atom stereocenters. The number of nitriles is 1. The maximum absolute atomic E-state index is 12.3. The summed E-state index contributed by atoms with van der Waals surface area (Å²) in [5.41, 5.74) is 2.13. The number of hydrogen-bond acceptors (Lipinski definition) is 7. The quantitative estimate of drug-likeness (QED) is 0.607. The molecule has 3 rings (SSSR count). The molecule has 2 aromatic rings. The number of fused-ring (bicyclic) bond motifs is 1. The van der Waals surface area contributed by atoms with Crippen LogP contribution in [0.3, 0.4) is 0 Å². The Hall–Kier alpha value is -3.19. The van der Waals surface area contributed by atoms with E-state index in [1.807, 2.05) is 30.3 Å². The molecule has 0 saturated carbocycles. The van der Waals surface area contributed by atoms with Gasteiger partial charge >= 0.3 is 6.09 Å². The van der Waals surface area contributed by atoms with Crippen molar-refractivity contribution in [2.45, 2.75) is 19.1 Å². The van der Waals surface area contributed by atoms with E-state index in [1.54, 1.807) is 6.08 Å². The lowest BCUT2D eigenvalue weighted by Crippen LogP contribution is -2.37. The average Bonchev–Trinajstić information content (AvgIpc) is 3.12. The third kappa shape index (κ3) is 5.24. The first kappa shape index (κ1) is 21.5. The van der Waals surface area contributed by atoms with Crippen LogP contribution in [0.4, 0.5) is 9.80 Å². The highest BCUT2D eigenvalue weighted by atomic mass is 32.1. The van der Waals surface area contributed by atoms with Crippen molar-refractivity contribution in [2.24, 2.45) is 0 Å². The monoisotopic (exact) mass is 427 g/mol. The van der Waals surface area contributed by atoms with Crippen molar-refractivity contribution in [2.75, 3.05) is 25.1 Å². The average molecular weight is 427 g/mol. The van der Waals surface area contributed by atoms with Crippen molar-refractivity contribution in [1.82, 2.24) is 4.90 Å². The molecule has 8 nitrogen and oxygen atoms in total. The first-order chi connectivity index (χ1) is 14.5. The second-order valence-electron chi connectivity index (χ2n) is 6.64. The zero-order valence-electron chi connectivity index (χ0n) is 16.1. The number of anilines is 1. The highest BCUT2D eigenvalue weighted by Crippen LogP contribution is 2.36. The summed E-state index contributed by atoms with van der Waals surface area (Å²) >= 11 is 1.26. The van der Waals surface area contributed by atoms with Gasteiger partial charge < -0.3 is 25.2 Å². The van der Waals surface area contributed by atoms with Gasteiger partial charge in [-0.3, -0.25) is 4.79 Å². The van der Waals surface area contributed by atoms with Crippen molar-refractivity contribution < 1.29 is 24.5 Å². The van der Waals surface area contributed by atoms with Crippen LogP contribution in [0.2, 0.25) is 0 Å². The molecule has 9 heteroatoms. The van der Waals surface area contributed by atoms with Crippen LogP contribution in [0, 0.1) is 11.3 Å². The molecular formula is C21H21N3O5S. The summed E-state index contributed by atoms with van der Waals surface area (Å²) in [4.78, 5) is 26.7. The topological polar surface area (TPSA) is 123 Å². The number of ether oxygens (including phenoxy) is 1. The first-order valence-electron chi connectivity index (χ1n) is 9.31. The summed E-state index contributed by atoms with van der Waals surface area (Å²) < 4.78 is 4.99. The number of amides is 2. The Morgan fingerprint density at radius 3 is 2.83 bits per heavy atom. The van der Waals surface area contributed by atoms with Crippen LogP contribution >= 0.6 is 11.3 Å². The first-order valence-corrected chi connectivity index (χ1v) is 10.1.